The summed E-state index contributed by atoms with van der Waals surface area (Å²) in [6, 6.07) is 12.5. The maximum Gasteiger partial charge on any atom is 0.271 e. The molecule has 33 heavy (non-hydrogen) atoms. The van der Waals surface area contributed by atoms with Gasteiger partial charge in [-0.05, 0) is 51.3 Å². The van der Waals surface area contributed by atoms with Crippen molar-refractivity contribution in [2.24, 2.45) is 13.0 Å². The predicted molar refractivity (Wildman–Crippen MR) is 130 cm³/mol. The van der Waals surface area contributed by atoms with E-state index in [1.807, 2.05) is 35.0 Å². The molecule has 1 aliphatic rings. The number of likely N-dealkylation sites (tertiary alicyclic amines) is 1. The molecule has 1 amide bonds. The highest BCUT2D eigenvalue weighted by atomic mass is 16.2. The van der Waals surface area contributed by atoms with Gasteiger partial charge in [0.25, 0.3) is 11.5 Å². The number of hydrogen-bond donors (Lipinski definition) is 1. The first-order chi connectivity index (χ1) is 15.8. The van der Waals surface area contributed by atoms with Crippen LogP contribution in [0, 0.1) is 12.8 Å². The summed E-state index contributed by atoms with van der Waals surface area (Å²) in [5.41, 5.74) is 2.93. The molecule has 0 bridgehead atoms. The first-order valence-electron chi connectivity index (χ1n) is 11.6. The minimum absolute atomic E-state index is 0.0371. The Kier molecular flexibility index (Phi) is 6.79. The highest BCUT2D eigenvalue weighted by molar-refractivity contribution is 5.92. The molecular weight excluding hydrogens is 414 g/mol. The molecule has 1 aliphatic heterocycles. The molecule has 1 N–H and O–H groups in total. The third kappa shape index (κ3) is 5.25. The standard InChI is InChI=1S/C26H33N5O2/c1-18(2)30-11-10-21(15-30)13-27-25(32)23-17-31(14-20-8-6-5-7-9-20)24(28-23)22-12-19(3)26(33)29(4)16-22/h5-9,12,16-18,21H,10-11,13-15H2,1-4H3,(H,27,32). The molecule has 7 nitrogen and oxygen atoms in total. The number of aromatic nitrogens is 3. The van der Waals surface area contributed by atoms with Gasteiger partial charge in [-0.1, -0.05) is 30.3 Å². The van der Waals surface area contributed by atoms with Crippen LogP contribution in [0.1, 0.15) is 41.9 Å². The van der Waals surface area contributed by atoms with E-state index in [1.165, 1.54) is 0 Å². The van der Waals surface area contributed by atoms with Crippen LogP contribution >= 0.6 is 0 Å². The molecule has 0 radical (unpaired) electrons. The Morgan fingerprint density at radius 3 is 2.64 bits per heavy atom. The van der Waals surface area contributed by atoms with Crippen LogP contribution in [0.3, 0.4) is 0 Å². The van der Waals surface area contributed by atoms with Gasteiger partial charge < -0.3 is 19.4 Å². The zero-order chi connectivity index (χ0) is 23.5. The van der Waals surface area contributed by atoms with E-state index in [1.54, 1.807) is 24.7 Å². The average molecular weight is 448 g/mol. The van der Waals surface area contributed by atoms with Crippen molar-refractivity contribution >= 4 is 5.91 Å². The highest BCUT2D eigenvalue weighted by Gasteiger charge is 2.25. The molecule has 0 spiro atoms. The summed E-state index contributed by atoms with van der Waals surface area (Å²) in [6.07, 6.45) is 4.69. The van der Waals surface area contributed by atoms with Crippen LogP contribution in [0.25, 0.3) is 11.4 Å². The summed E-state index contributed by atoms with van der Waals surface area (Å²) >= 11 is 0. The molecule has 1 saturated heterocycles. The van der Waals surface area contributed by atoms with Gasteiger partial charge in [0.05, 0.1) is 0 Å². The van der Waals surface area contributed by atoms with E-state index in [-0.39, 0.29) is 11.5 Å². The maximum atomic E-state index is 13.0. The molecule has 4 rings (SSSR count). The minimum atomic E-state index is -0.160. The van der Waals surface area contributed by atoms with Crippen molar-refractivity contribution in [3.05, 3.63) is 76.0 Å². The second-order valence-corrected chi connectivity index (χ2v) is 9.34. The van der Waals surface area contributed by atoms with Crippen molar-refractivity contribution in [1.82, 2.24) is 24.3 Å². The van der Waals surface area contributed by atoms with Gasteiger partial charge in [0, 0.05) is 56.2 Å². The lowest BCUT2D eigenvalue weighted by atomic mass is 10.1. The van der Waals surface area contributed by atoms with E-state index < -0.39 is 0 Å². The number of imidazole rings is 1. The van der Waals surface area contributed by atoms with Gasteiger partial charge in [-0.3, -0.25) is 9.59 Å². The molecule has 1 fully saturated rings. The molecule has 1 aromatic carbocycles. The Bertz CT molecular complexity index is 1150. The number of rotatable bonds is 7. The summed E-state index contributed by atoms with van der Waals surface area (Å²) in [6.45, 7) is 9.56. The van der Waals surface area contributed by atoms with Crippen LogP contribution in [0.4, 0.5) is 0 Å². The van der Waals surface area contributed by atoms with Gasteiger partial charge >= 0.3 is 0 Å². The summed E-state index contributed by atoms with van der Waals surface area (Å²) in [5.74, 6) is 0.982. The van der Waals surface area contributed by atoms with Crippen molar-refractivity contribution in [3.8, 4) is 11.4 Å². The number of amides is 1. The number of benzene rings is 1. The van der Waals surface area contributed by atoms with Crippen LogP contribution in [0.5, 0.6) is 0 Å². The van der Waals surface area contributed by atoms with Crippen LogP contribution in [0.2, 0.25) is 0 Å². The van der Waals surface area contributed by atoms with Crippen LogP contribution in [-0.2, 0) is 13.6 Å². The molecule has 7 heteroatoms. The first kappa shape index (κ1) is 23.0. The zero-order valence-electron chi connectivity index (χ0n) is 19.9. The Balaban J connectivity index is 1.58. The first-order valence-corrected chi connectivity index (χ1v) is 11.6. The van der Waals surface area contributed by atoms with E-state index in [0.29, 0.717) is 42.1 Å². The number of aryl methyl sites for hydroxylation is 2. The van der Waals surface area contributed by atoms with Gasteiger partial charge in [0.1, 0.15) is 11.5 Å². The SMILES string of the molecule is Cc1cc(-c2nc(C(=O)NCC3CCN(C(C)C)C3)cn2Cc2ccccc2)cn(C)c1=O. The van der Waals surface area contributed by atoms with Crippen molar-refractivity contribution in [3.63, 3.8) is 0 Å². The van der Waals surface area contributed by atoms with Crippen molar-refractivity contribution in [2.75, 3.05) is 19.6 Å². The lowest BCUT2D eigenvalue weighted by Gasteiger charge is -2.20. The second-order valence-electron chi connectivity index (χ2n) is 9.34. The smallest absolute Gasteiger partial charge is 0.271 e. The largest absolute Gasteiger partial charge is 0.350 e. The summed E-state index contributed by atoms with van der Waals surface area (Å²) in [7, 11) is 1.74. The van der Waals surface area contributed by atoms with Gasteiger partial charge in [-0.2, -0.15) is 0 Å². The van der Waals surface area contributed by atoms with E-state index in [0.717, 1.165) is 30.6 Å². The van der Waals surface area contributed by atoms with Crippen LogP contribution < -0.4 is 10.9 Å². The maximum absolute atomic E-state index is 13.0. The lowest BCUT2D eigenvalue weighted by Crippen LogP contribution is -2.33. The number of hydrogen-bond acceptors (Lipinski definition) is 4. The quantitative estimate of drug-likeness (QED) is 0.604. The summed E-state index contributed by atoms with van der Waals surface area (Å²) < 4.78 is 3.55. The Labute approximate surface area is 195 Å². The van der Waals surface area contributed by atoms with Gasteiger partial charge in [-0.15, -0.1) is 0 Å². The van der Waals surface area contributed by atoms with Gasteiger partial charge in [0.15, 0.2) is 0 Å². The predicted octanol–water partition coefficient (Wildman–Crippen LogP) is 3.07. The fourth-order valence-electron chi connectivity index (χ4n) is 4.48. The minimum Gasteiger partial charge on any atom is -0.350 e. The van der Waals surface area contributed by atoms with E-state index in [9.17, 15) is 9.59 Å². The van der Waals surface area contributed by atoms with Crippen molar-refractivity contribution < 1.29 is 4.79 Å². The molecule has 0 aliphatic carbocycles. The monoisotopic (exact) mass is 447 g/mol. The van der Waals surface area contributed by atoms with Gasteiger partial charge in [-0.25, -0.2) is 4.98 Å². The summed E-state index contributed by atoms with van der Waals surface area (Å²) in [5, 5.41) is 3.09. The molecule has 2 aromatic heterocycles. The number of nitrogens with zero attached hydrogens (tertiary/aromatic N) is 4. The van der Waals surface area contributed by atoms with Crippen LogP contribution in [0.15, 0.2) is 53.6 Å². The van der Waals surface area contributed by atoms with E-state index in [2.05, 4.69) is 36.2 Å². The lowest BCUT2D eigenvalue weighted by molar-refractivity contribution is 0.0942. The third-order valence-corrected chi connectivity index (χ3v) is 6.42. The topological polar surface area (TPSA) is 72.2 Å². The van der Waals surface area contributed by atoms with E-state index >= 15 is 0 Å². The number of nitrogens with one attached hydrogen (secondary N) is 1. The normalized spacial score (nSPS) is 16.5. The molecule has 0 saturated carbocycles. The zero-order valence-corrected chi connectivity index (χ0v) is 19.9. The third-order valence-electron chi connectivity index (χ3n) is 6.42. The van der Waals surface area contributed by atoms with Crippen LogP contribution in [-0.4, -0.2) is 50.6 Å². The number of pyridine rings is 1. The fourth-order valence-corrected chi connectivity index (χ4v) is 4.48. The Morgan fingerprint density at radius 2 is 1.97 bits per heavy atom. The van der Waals surface area contributed by atoms with Crippen molar-refractivity contribution in [2.45, 2.75) is 39.8 Å². The van der Waals surface area contributed by atoms with E-state index in [4.69, 9.17) is 4.98 Å². The summed E-state index contributed by atoms with van der Waals surface area (Å²) in [4.78, 5) is 32.3. The van der Waals surface area contributed by atoms with Crippen molar-refractivity contribution in [1.29, 1.82) is 0 Å². The second kappa shape index (κ2) is 9.75. The molecule has 174 valence electrons. The molecule has 1 unspecified atom stereocenters. The average Bonchev–Trinajstić information content (AvgIpc) is 3.44. The Morgan fingerprint density at radius 1 is 1.21 bits per heavy atom. The Hall–Kier alpha value is -3.19. The molecule has 1 atom stereocenters. The number of carbonyl (C=O) groups excluding carboxylic acids is 1. The van der Waals surface area contributed by atoms with Gasteiger partial charge in [0.2, 0.25) is 0 Å². The fraction of sp³-hybridized carbons (Fsp3) is 0.423. The highest BCUT2D eigenvalue weighted by Crippen LogP contribution is 2.21. The molecule has 3 aromatic rings. The molecule has 3 heterocycles. The molecular formula is C26H33N5O2. The number of carbonyl (C=O) groups is 1.